The van der Waals surface area contributed by atoms with E-state index >= 15 is 0 Å². The van der Waals surface area contributed by atoms with E-state index in [0.717, 1.165) is 5.56 Å². The van der Waals surface area contributed by atoms with Gasteiger partial charge in [0.1, 0.15) is 5.75 Å². The van der Waals surface area contributed by atoms with Crippen molar-refractivity contribution in [3.8, 4) is 11.5 Å². The molecule has 0 unspecified atom stereocenters. The summed E-state index contributed by atoms with van der Waals surface area (Å²) in [5.41, 5.74) is 0.745. The quantitative estimate of drug-likeness (QED) is 0.564. The van der Waals surface area contributed by atoms with Crippen LogP contribution in [0.25, 0.3) is 0 Å². The predicted octanol–water partition coefficient (Wildman–Crippen LogP) is 4.97. The lowest BCUT2D eigenvalue weighted by atomic mass is 10.1. The largest absolute Gasteiger partial charge is 0.455 e. The first-order chi connectivity index (χ1) is 9.88. The Kier molecular flexibility index (Phi) is 4.97. The fourth-order valence-electron chi connectivity index (χ4n) is 1.68. The van der Waals surface area contributed by atoms with Gasteiger partial charge < -0.3 is 9.84 Å². The Morgan fingerprint density at radius 1 is 1.19 bits per heavy atom. The van der Waals surface area contributed by atoms with Gasteiger partial charge >= 0.3 is 0 Å². The van der Waals surface area contributed by atoms with Crippen molar-refractivity contribution in [1.29, 1.82) is 0 Å². The normalized spacial score (nSPS) is 12.0. The highest BCUT2D eigenvalue weighted by atomic mass is 79.9. The molecular weight excluding hydrogens is 406 g/mol. The van der Waals surface area contributed by atoms with Crippen LogP contribution >= 0.6 is 31.9 Å². The number of aliphatic hydroxyl groups is 1. The highest BCUT2D eigenvalue weighted by Gasteiger charge is 2.15. The lowest BCUT2D eigenvalue weighted by Gasteiger charge is -2.11. The molecule has 7 heteroatoms. The Labute approximate surface area is 138 Å². The van der Waals surface area contributed by atoms with E-state index in [-0.39, 0.29) is 5.69 Å². The molecule has 0 aliphatic heterocycles. The number of halogens is 2. The van der Waals surface area contributed by atoms with Crippen molar-refractivity contribution >= 4 is 37.5 Å². The molecule has 0 aromatic heterocycles. The Morgan fingerprint density at radius 2 is 1.71 bits per heavy atom. The molecular formula is C14H11Br2NO4. The monoisotopic (exact) mass is 415 g/mol. The Bertz CT molecular complexity index is 648. The first-order valence-electron chi connectivity index (χ1n) is 5.98. The third-order valence-corrected chi connectivity index (χ3v) is 3.95. The Morgan fingerprint density at radius 3 is 2.14 bits per heavy atom. The van der Waals surface area contributed by atoms with Crippen LogP contribution in [0, 0.1) is 10.1 Å². The molecule has 0 aliphatic rings. The lowest BCUT2D eigenvalue weighted by Crippen LogP contribution is -1.93. The fourth-order valence-corrected chi connectivity index (χ4v) is 3.01. The second-order valence-electron chi connectivity index (χ2n) is 4.34. The molecule has 0 saturated heterocycles. The fraction of sp³-hybridized carbons (Fsp3) is 0.143. The van der Waals surface area contributed by atoms with Crippen molar-refractivity contribution in [1.82, 2.24) is 0 Å². The van der Waals surface area contributed by atoms with Gasteiger partial charge in [0.2, 0.25) is 0 Å². The van der Waals surface area contributed by atoms with Gasteiger partial charge in [-0.05, 0) is 56.5 Å². The molecule has 0 bridgehead atoms. The van der Waals surface area contributed by atoms with Gasteiger partial charge in [0.25, 0.3) is 5.69 Å². The average Bonchev–Trinajstić information content (AvgIpc) is 2.43. The summed E-state index contributed by atoms with van der Waals surface area (Å²) in [6.45, 7) is 1.68. The Hall–Kier alpha value is -1.44. The molecule has 0 aliphatic carbocycles. The molecule has 1 atom stereocenters. The summed E-state index contributed by atoms with van der Waals surface area (Å²) in [6.07, 6.45) is -0.545. The van der Waals surface area contributed by atoms with Crippen LogP contribution in [0.3, 0.4) is 0 Å². The van der Waals surface area contributed by atoms with Gasteiger partial charge in [0, 0.05) is 12.1 Å². The number of nitro groups is 1. The molecule has 0 radical (unpaired) electrons. The van der Waals surface area contributed by atoms with Gasteiger partial charge in [0.05, 0.1) is 20.0 Å². The molecule has 1 N–H and O–H groups in total. The standard InChI is InChI=1S/C14H11Br2NO4/c1-8(18)9-2-4-11(5-3-9)21-14-12(15)6-10(17(19)20)7-13(14)16/h2-8,18H,1H3/t8-/m1/s1. The van der Waals surface area contributed by atoms with E-state index in [1.807, 2.05) is 0 Å². The van der Waals surface area contributed by atoms with E-state index in [4.69, 9.17) is 4.74 Å². The highest BCUT2D eigenvalue weighted by Crippen LogP contribution is 2.39. The van der Waals surface area contributed by atoms with Gasteiger partial charge in [-0.15, -0.1) is 0 Å². The molecule has 0 spiro atoms. The van der Waals surface area contributed by atoms with E-state index < -0.39 is 11.0 Å². The van der Waals surface area contributed by atoms with E-state index in [9.17, 15) is 15.2 Å². The molecule has 0 fully saturated rings. The highest BCUT2D eigenvalue weighted by molar-refractivity contribution is 9.11. The van der Waals surface area contributed by atoms with E-state index in [1.54, 1.807) is 31.2 Å². The minimum atomic E-state index is -0.545. The van der Waals surface area contributed by atoms with Crippen LogP contribution in [0.4, 0.5) is 5.69 Å². The van der Waals surface area contributed by atoms with Crippen LogP contribution in [0.5, 0.6) is 11.5 Å². The van der Waals surface area contributed by atoms with Gasteiger partial charge in [-0.3, -0.25) is 10.1 Å². The van der Waals surface area contributed by atoms with E-state index in [2.05, 4.69) is 31.9 Å². The zero-order valence-corrected chi connectivity index (χ0v) is 14.1. The summed E-state index contributed by atoms with van der Waals surface area (Å²) >= 11 is 6.52. The van der Waals surface area contributed by atoms with Crippen LogP contribution in [0.15, 0.2) is 45.3 Å². The summed E-state index contributed by atoms with van der Waals surface area (Å²) < 4.78 is 6.66. The first kappa shape index (κ1) is 15.9. The lowest BCUT2D eigenvalue weighted by molar-refractivity contribution is -0.385. The minimum absolute atomic E-state index is 0.0365. The Balaban J connectivity index is 2.29. The maximum absolute atomic E-state index is 10.8. The topological polar surface area (TPSA) is 72.6 Å². The van der Waals surface area contributed by atoms with Gasteiger partial charge in [-0.1, -0.05) is 12.1 Å². The van der Waals surface area contributed by atoms with Crippen molar-refractivity contribution in [2.45, 2.75) is 13.0 Å². The number of benzene rings is 2. The summed E-state index contributed by atoms with van der Waals surface area (Å²) in [5, 5.41) is 20.2. The third kappa shape index (κ3) is 3.81. The van der Waals surface area contributed by atoms with Crippen molar-refractivity contribution in [3.63, 3.8) is 0 Å². The van der Waals surface area contributed by atoms with Gasteiger partial charge in [0.15, 0.2) is 5.75 Å². The van der Waals surface area contributed by atoms with E-state index in [0.29, 0.717) is 20.4 Å². The number of nitrogens with zero attached hydrogens (tertiary/aromatic N) is 1. The average molecular weight is 417 g/mol. The number of hydrogen-bond acceptors (Lipinski definition) is 4. The summed E-state index contributed by atoms with van der Waals surface area (Å²) in [6, 6.07) is 9.72. The second kappa shape index (κ2) is 6.55. The minimum Gasteiger partial charge on any atom is -0.455 e. The van der Waals surface area contributed by atoms with Crippen LogP contribution in [0.1, 0.15) is 18.6 Å². The number of nitro benzene ring substituents is 1. The number of aliphatic hydroxyl groups excluding tert-OH is 1. The number of rotatable bonds is 4. The zero-order valence-electron chi connectivity index (χ0n) is 10.9. The summed E-state index contributed by atoms with van der Waals surface area (Å²) in [4.78, 5) is 10.3. The predicted molar refractivity (Wildman–Crippen MR) is 85.6 cm³/mol. The van der Waals surface area contributed by atoms with Crippen molar-refractivity contribution in [3.05, 3.63) is 61.0 Å². The zero-order chi connectivity index (χ0) is 15.6. The van der Waals surface area contributed by atoms with Gasteiger partial charge in [-0.25, -0.2) is 0 Å². The second-order valence-corrected chi connectivity index (χ2v) is 6.05. The molecule has 2 rings (SSSR count). The number of hydrogen-bond donors (Lipinski definition) is 1. The maximum Gasteiger partial charge on any atom is 0.271 e. The maximum atomic E-state index is 10.8. The van der Waals surface area contributed by atoms with Crippen molar-refractivity contribution in [2.75, 3.05) is 0 Å². The van der Waals surface area contributed by atoms with Crippen molar-refractivity contribution in [2.24, 2.45) is 0 Å². The van der Waals surface area contributed by atoms with Gasteiger partial charge in [-0.2, -0.15) is 0 Å². The molecule has 2 aromatic carbocycles. The molecule has 2 aromatic rings. The van der Waals surface area contributed by atoms with E-state index in [1.165, 1.54) is 12.1 Å². The summed E-state index contributed by atoms with van der Waals surface area (Å²) in [5.74, 6) is 1.01. The number of non-ortho nitro benzene ring substituents is 1. The van der Waals surface area contributed by atoms with Crippen molar-refractivity contribution < 1.29 is 14.8 Å². The molecule has 21 heavy (non-hydrogen) atoms. The smallest absolute Gasteiger partial charge is 0.271 e. The first-order valence-corrected chi connectivity index (χ1v) is 7.56. The third-order valence-electron chi connectivity index (χ3n) is 2.78. The number of ether oxygens (including phenoxy) is 1. The van der Waals surface area contributed by atoms with Crippen LogP contribution in [0.2, 0.25) is 0 Å². The molecule has 5 nitrogen and oxygen atoms in total. The van der Waals surface area contributed by atoms with Crippen LogP contribution in [-0.2, 0) is 0 Å². The SMILES string of the molecule is C[C@@H](O)c1ccc(Oc2c(Br)cc([N+](=O)[O-])cc2Br)cc1. The molecule has 0 amide bonds. The molecule has 110 valence electrons. The van der Waals surface area contributed by atoms with Crippen LogP contribution < -0.4 is 4.74 Å². The van der Waals surface area contributed by atoms with Crippen LogP contribution in [-0.4, -0.2) is 10.0 Å². The molecule has 0 heterocycles. The molecule has 0 saturated carbocycles. The summed E-state index contributed by atoms with van der Waals surface area (Å²) in [7, 11) is 0.